The zero-order chi connectivity index (χ0) is 22.3. The van der Waals surface area contributed by atoms with Crippen molar-refractivity contribution < 1.29 is 18.0 Å². The summed E-state index contributed by atoms with van der Waals surface area (Å²) in [4.78, 5) is 17.1. The quantitative estimate of drug-likeness (QED) is 0.696. The Morgan fingerprint density at radius 3 is 2.42 bits per heavy atom. The molecule has 10 heteroatoms. The third kappa shape index (κ3) is 4.94. The number of amides is 1. The van der Waals surface area contributed by atoms with Gasteiger partial charge in [0.2, 0.25) is 5.91 Å². The van der Waals surface area contributed by atoms with Crippen LogP contribution in [0, 0.1) is 12.8 Å². The van der Waals surface area contributed by atoms with Crippen molar-refractivity contribution in [1.82, 2.24) is 29.4 Å². The summed E-state index contributed by atoms with van der Waals surface area (Å²) in [6.45, 7) is 7.51. The van der Waals surface area contributed by atoms with E-state index < -0.39 is 17.8 Å². The van der Waals surface area contributed by atoms with E-state index in [1.165, 1.54) is 10.2 Å². The zero-order valence-electron chi connectivity index (χ0n) is 18.2. The molecule has 1 unspecified atom stereocenters. The molecule has 2 aromatic heterocycles. The van der Waals surface area contributed by atoms with E-state index >= 15 is 0 Å². The lowest BCUT2D eigenvalue weighted by molar-refractivity contribution is -0.141. The van der Waals surface area contributed by atoms with Gasteiger partial charge < -0.3 is 4.90 Å². The standard InChI is InChI=1S/C21H29F3N6O/c1-14(11-30-18(16-4-5-16)10-19(26-30)21(22,23)24)20(31)29-8-6-28(7-9-29)13-17-12-27(3)25-15(17)2/h10,12,14,16H,4-9,11,13H2,1-3H3. The summed E-state index contributed by atoms with van der Waals surface area (Å²) in [6.07, 6.45) is -0.690. The fraction of sp³-hybridized carbons (Fsp3) is 0.667. The number of carbonyl (C=O) groups is 1. The number of hydrogen-bond donors (Lipinski definition) is 0. The number of nitrogens with zero attached hydrogens (tertiary/aromatic N) is 6. The molecule has 170 valence electrons. The normalized spacial score (nSPS) is 19.1. The Hall–Kier alpha value is -2.36. The van der Waals surface area contributed by atoms with Crippen molar-refractivity contribution in [3.8, 4) is 0 Å². The summed E-state index contributed by atoms with van der Waals surface area (Å²) in [5, 5.41) is 8.15. The number of aromatic nitrogens is 4. The lowest BCUT2D eigenvalue weighted by Crippen LogP contribution is -2.50. The maximum absolute atomic E-state index is 13.1. The smallest absolute Gasteiger partial charge is 0.340 e. The summed E-state index contributed by atoms with van der Waals surface area (Å²) in [6, 6.07) is 1.15. The van der Waals surface area contributed by atoms with Crippen molar-refractivity contribution in [2.75, 3.05) is 26.2 Å². The first-order chi connectivity index (χ1) is 14.6. The molecule has 1 saturated heterocycles. The molecule has 0 radical (unpaired) electrons. The molecule has 0 bridgehead atoms. The minimum absolute atomic E-state index is 0.0250. The minimum Gasteiger partial charge on any atom is -0.340 e. The van der Waals surface area contributed by atoms with Gasteiger partial charge in [0, 0.05) is 63.1 Å². The van der Waals surface area contributed by atoms with Gasteiger partial charge >= 0.3 is 6.18 Å². The van der Waals surface area contributed by atoms with Crippen LogP contribution in [0.5, 0.6) is 0 Å². The van der Waals surface area contributed by atoms with E-state index in [1.807, 2.05) is 29.7 Å². The Bertz CT molecular complexity index is 938. The van der Waals surface area contributed by atoms with Crippen LogP contribution < -0.4 is 0 Å². The van der Waals surface area contributed by atoms with E-state index in [1.54, 1.807) is 6.92 Å². The van der Waals surface area contributed by atoms with Crippen molar-refractivity contribution in [3.05, 3.63) is 34.9 Å². The van der Waals surface area contributed by atoms with Gasteiger partial charge in [-0.3, -0.25) is 19.1 Å². The van der Waals surface area contributed by atoms with E-state index in [2.05, 4.69) is 15.1 Å². The molecule has 2 fully saturated rings. The number of piperazine rings is 1. The molecule has 0 N–H and O–H groups in total. The molecule has 2 aliphatic rings. The highest BCUT2D eigenvalue weighted by atomic mass is 19.4. The number of carbonyl (C=O) groups excluding carboxylic acids is 1. The molecule has 31 heavy (non-hydrogen) atoms. The van der Waals surface area contributed by atoms with Crippen LogP contribution in [-0.4, -0.2) is 61.4 Å². The number of alkyl halides is 3. The van der Waals surface area contributed by atoms with Gasteiger partial charge in [-0.15, -0.1) is 0 Å². The molecule has 1 amide bonds. The minimum atomic E-state index is -4.47. The molecular weight excluding hydrogens is 409 g/mol. The zero-order valence-corrected chi connectivity index (χ0v) is 18.2. The molecule has 1 saturated carbocycles. The van der Waals surface area contributed by atoms with E-state index in [4.69, 9.17) is 0 Å². The van der Waals surface area contributed by atoms with Gasteiger partial charge in [-0.2, -0.15) is 23.4 Å². The Kier molecular flexibility index (Phi) is 5.85. The predicted octanol–water partition coefficient (Wildman–Crippen LogP) is 2.80. The van der Waals surface area contributed by atoms with E-state index in [-0.39, 0.29) is 18.4 Å². The average molecular weight is 438 g/mol. The van der Waals surface area contributed by atoms with Crippen LogP contribution in [0.1, 0.15) is 48.3 Å². The molecule has 0 spiro atoms. The summed E-state index contributed by atoms with van der Waals surface area (Å²) < 4.78 is 42.5. The van der Waals surface area contributed by atoms with Gasteiger partial charge in [0.1, 0.15) is 0 Å². The van der Waals surface area contributed by atoms with Crippen LogP contribution in [0.25, 0.3) is 0 Å². The van der Waals surface area contributed by atoms with Crippen molar-refractivity contribution >= 4 is 5.91 Å². The Morgan fingerprint density at radius 2 is 1.87 bits per heavy atom. The van der Waals surface area contributed by atoms with Crippen LogP contribution >= 0.6 is 0 Å². The molecule has 2 aromatic rings. The first kappa shape index (κ1) is 21.9. The molecule has 4 rings (SSSR count). The van der Waals surface area contributed by atoms with Gasteiger partial charge in [0.25, 0.3) is 0 Å². The number of aryl methyl sites for hydroxylation is 2. The summed E-state index contributed by atoms with van der Waals surface area (Å²) in [5.74, 6) is -0.320. The first-order valence-electron chi connectivity index (χ1n) is 10.8. The maximum Gasteiger partial charge on any atom is 0.435 e. The van der Waals surface area contributed by atoms with E-state index in [9.17, 15) is 18.0 Å². The third-order valence-electron chi connectivity index (χ3n) is 6.16. The van der Waals surface area contributed by atoms with Crippen LogP contribution in [0.15, 0.2) is 12.3 Å². The fourth-order valence-corrected chi connectivity index (χ4v) is 4.24. The second-order valence-corrected chi connectivity index (χ2v) is 8.82. The van der Waals surface area contributed by atoms with Crippen LogP contribution in [-0.2, 0) is 31.1 Å². The predicted molar refractivity (Wildman–Crippen MR) is 108 cm³/mol. The Labute approximate surface area is 179 Å². The van der Waals surface area contributed by atoms with Crippen molar-refractivity contribution in [3.63, 3.8) is 0 Å². The first-order valence-corrected chi connectivity index (χ1v) is 10.8. The molecule has 3 heterocycles. The summed E-state index contributed by atoms with van der Waals surface area (Å²) >= 11 is 0. The van der Waals surface area contributed by atoms with Crippen molar-refractivity contribution in [2.45, 2.75) is 51.9 Å². The average Bonchev–Trinajstić information content (AvgIpc) is 3.38. The van der Waals surface area contributed by atoms with Crippen molar-refractivity contribution in [1.29, 1.82) is 0 Å². The molecule has 1 aliphatic heterocycles. The third-order valence-corrected chi connectivity index (χ3v) is 6.16. The van der Waals surface area contributed by atoms with Gasteiger partial charge in [0.15, 0.2) is 5.69 Å². The molecule has 0 aromatic carbocycles. The molecule has 7 nitrogen and oxygen atoms in total. The van der Waals surface area contributed by atoms with Crippen LogP contribution in [0.3, 0.4) is 0 Å². The Balaban J connectivity index is 1.34. The van der Waals surface area contributed by atoms with Gasteiger partial charge in [-0.1, -0.05) is 6.92 Å². The van der Waals surface area contributed by atoms with Gasteiger partial charge in [0.05, 0.1) is 18.2 Å². The monoisotopic (exact) mass is 438 g/mol. The van der Waals surface area contributed by atoms with Crippen LogP contribution in [0.4, 0.5) is 13.2 Å². The van der Waals surface area contributed by atoms with Gasteiger partial charge in [-0.05, 0) is 25.8 Å². The lowest BCUT2D eigenvalue weighted by atomic mass is 10.1. The lowest BCUT2D eigenvalue weighted by Gasteiger charge is -2.36. The largest absolute Gasteiger partial charge is 0.435 e. The van der Waals surface area contributed by atoms with Crippen molar-refractivity contribution in [2.24, 2.45) is 13.0 Å². The second-order valence-electron chi connectivity index (χ2n) is 8.82. The number of rotatable bonds is 6. The summed E-state index contributed by atoms with van der Waals surface area (Å²) in [5.41, 5.74) is 1.93. The second kappa shape index (κ2) is 8.29. The molecule has 1 atom stereocenters. The van der Waals surface area contributed by atoms with Gasteiger partial charge in [-0.25, -0.2) is 0 Å². The van der Waals surface area contributed by atoms with E-state index in [0.717, 1.165) is 44.2 Å². The van der Waals surface area contributed by atoms with Crippen LogP contribution in [0.2, 0.25) is 0 Å². The number of halogens is 3. The highest BCUT2D eigenvalue weighted by Crippen LogP contribution is 2.42. The molecular formula is C21H29F3N6O. The highest BCUT2D eigenvalue weighted by molar-refractivity contribution is 5.78. The highest BCUT2D eigenvalue weighted by Gasteiger charge is 2.38. The SMILES string of the molecule is Cc1nn(C)cc1CN1CCN(C(=O)C(C)Cn2nc(C(F)(F)F)cc2C2CC2)CC1. The molecule has 1 aliphatic carbocycles. The van der Waals surface area contributed by atoms with E-state index in [0.29, 0.717) is 18.8 Å². The number of hydrogen-bond acceptors (Lipinski definition) is 4. The Morgan fingerprint density at radius 1 is 1.19 bits per heavy atom. The maximum atomic E-state index is 13.1. The fourth-order valence-electron chi connectivity index (χ4n) is 4.24. The topological polar surface area (TPSA) is 59.2 Å². The summed E-state index contributed by atoms with van der Waals surface area (Å²) in [7, 11) is 1.90.